The van der Waals surface area contributed by atoms with E-state index >= 15 is 0 Å². The number of fused-ring (bicyclic) bond motifs is 1. The van der Waals surface area contributed by atoms with Gasteiger partial charge in [0, 0.05) is 24.9 Å². The highest BCUT2D eigenvalue weighted by Gasteiger charge is 2.55. The van der Waals surface area contributed by atoms with Crippen LogP contribution in [-0.2, 0) is 24.1 Å². The summed E-state index contributed by atoms with van der Waals surface area (Å²) in [7, 11) is -4.13. The van der Waals surface area contributed by atoms with Crippen LogP contribution in [0.2, 0.25) is 0 Å². The highest BCUT2D eigenvalue weighted by molar-refractivity contribution is 7.89. The summed E-state index contributed by atoms with van der Waals surface area (Å²) in [6.07, 6.45) is 2.35. The Morgan fingerprint density at radius 3 is 2.27 bits per heavy atom. The van der Waals surface area contributed by atoms with Crippen LogP contribution in [0.3, 0.4) is 0 Å². The molecule has 0 amide bonds. The lowest BCUT2D eigenvalue weighted by Crippen LogP contribution is -2.41. The van der Waals surface area contributed by atoms with Crippen molar-refractivity contribution in [2.24, 2.45) is 11.8 Å². The maximum atomic E-state index is 13.3. The number of sulfonamides is 1. The number of carbonyl (C=O) groups excluding carboxylic acids is 1. The van der Waals surface area contributed by atoms with E-state index in [0.717, 1.165) is 22.9 Å². The van der Waals surface area contributed by atoms with Crippen molar-refractivity contribution in [3.63, 3.8) is 0 Å². The molecule has 2 aliphatic heterocycles. The molecule has 1 aromatic carbocycles. The summed E-state index contributed by atoms with van der Waals surface area (Å²) in [6, 6.07) is 6.90. The van der Waals surface area contributed by atoms with E-state index < -0.39 is 28.3 Å². The molecule has 2 heterocycles. The molecule has 0 saturated carbocycles. The molecular formula is C22H30BNO5S. The van der Waals surface area contributed by atoms with Crippen LogP contribution >= 0.6 is 0 Å². The summed E-state index contributed by atoms with van der Waals surface area (Å²) in [5, 5.41) is 0. The van der Waals surface area contributed by atoms with E-state index in [9.17, 15) is 13.2 Å². The summed E-state index contributed by atoms with van der Waals surface area (Å²) in [5.41, 5.74) is 2.09. The van der Waals surface area contributed by atoms with Crippen LogP contribution in [0.4, 0.5) is 0 Å². The fourth-order valence-electron chi connectivity index (χ4n) is 4.58. The quantitative estimate of drug-likeness (QED) is 0.541. The zero-order valence-corrected chi connectivity index (χ0v) is 19.2. The second-order valence-corrected chi connectivity index (χ2v) is 11.6. The van der Waals surface area contributed by atoms with Crippen molar-refractivity contribution in [3.8, 4) is 0 Å². The van der Waals surface area contributed by atoms with Crippen molar-refractivity contribution in [3.05, 3.63) is 40.9 Å². The van der Waals surface area contributed by atoms with Crippen LogP contribution in [0.25, 0.3) is 0 Å². The molecule has 4 rings (SSSR count). The third-order valence-corrected chi connectivity index (χ3v) is 9.07. The third kappa shape index (κ3) is 3.47. The number of nitrogens with zero attached hydrogens (tertiary/aromatic N) is 1. The van der Waals surface area contributed by atoms with E-state index in [1.807, 2.05) is 34.6 Å². The van der Waals surface area contributed by atoms with Crippen LogP contribution in [0.15, 0.2) is 40.2 Å². The van der Waals surface area contributed by atoms with Gasteiger partial charge in [-0.15, -0.1) is 0 Å². The first-order valence-corrected chi connectivity index (χ1v) is 12.0. The smallest absolute Gasteiger partial charge is 0.400 e. The zero-order chi connectivity index (χ0) is 21.9. The summed E-state index contributed by atoms with van der Waals surface area (Å²) in [4.78, 5) is 12.0. The van der Waals surface area contributed by atoms with E-state index in [-0.39, 0.29) is 23.3 Å². The largest absolute Gasteiger partial charge is 0.490 e. The molecule has 2 fully saturated rings. The van der Waals surface area contributed by atoms with Crippen LogP contribution < -0.4 is 0 Å². The molecular weight excluding hydrogens is 401 g/mol. The molecule has 6 nitrogen and oxygen atoms in total. The maximum absolute atomic E-state index is 13.3. The molecule has 2 saturated heterocycles. The van der Waals surface area contributed by atoms with Crippen molar-refractivity contribution < 1.29 is 22.5 Å². The number of carbonyl (C=O) groups is 1. The molecule has 0 N–H and O–H groups in total. The Hall–Kier alpha value is -1.48. The average Bonchev–Trinajstić information content (AvgIpc) is 3.20. The SMILES string of the molecule is Cc1ccc(S(=O)(=O)N2CC3=C(B4OC(C)(C)C(C)(C)O4)CCC(C=O)C3C2)cc1. The lowest BCUT2D eigenvalue weighted by Gasteiger charge is -2.32. The summed E-state index contributed by atoms with van der Waals surface area (Å²) in [6.45, 7) is 10.6. The van der Waals surface area contributed by atoms with Gasteiger partial charge in [0.05, 0.1) is 16.1 Å². The third-order valence-electron chi connectivity index (χ3n) is 7.24. The van der Waals surface area contributed by atoms with Crippen molar-refractivity contribution in [1.29, 1.82) is 0 Å². The Bertz CT molecular complexity index is 967. The Labute approximate surface area is 179 Å². The van der Waals surface area contributed by atoms with E-state index in [1.54, 1.807) is 24.3 Å². The Balaban J connectivity index is 1.69. The minimum atomic E-state index is -3.64. The van der Waals surface area contributed by atoms with Gasteiger partial charge in [0.15, 0.2) is 0 Å². The van der Waals surface area contributed by atoms with Crippen LogP contribution in [0.5, 0.6) is 0 Å². The highest BCUT2D eigenvalue weighted by atomic mass is 32.2. The van der Waals surface area contributed by atoms with Gasteiger partial charge < -0.3 is 14.1 Å². The fourth-order valence-corrected chi connectivity index (χ4v) is 6.02. The van der Waals surface area contributed by atoms with E-state index in [4.69, 9.17) is 9.31 Å². The van der Waals surface area contributed by atoms with Gasteiger partial charge in [0.25, 0.3) is 0 Å². The fraction of sp³-hybridized carbons (Fsp3) is 0.591. The van der Waals surface area contributed by atoms with Gasteiger partial charge in [-0.05, 0) is 65.1 Å². The molecule has 0 aromatic heterocycles. The van der Waals surface area contributed by atoms with Gasteiger partial charge in [0.1, 0.15) is 6.29 Å². The minimum absolute atomic E-state index is 0.120. The number of hydrogen-bond donors (Lipinski definition) is 0. The molecule has 0 spiro atoms. The predicted molar refractivity (Wildman–Crippen MR) is 115 cm³/mol. The number of aldehydes is 1. The highest BCUT2D eigenvalue weighted by Crippen LogP contribution is 2.46. The van der Waals surface area contributed by atoms with Gasteiger partial charge in [-0.2, -0.15) is 4.31 Å². The molecule has 30 heavy (non-hydrogen) atoms. The van der Waals surface area contributed by atoms with Crippen molar-refractivity contribution in [1.82, 2.24) is 4.31 Å². The number of aryl methyl sites for hydroxylation is 1. The first kappa shape index (κ1) is 21.7. The first-order chi connectivity index (χ1) is 14.0. The predicted octanol–water partition coefficient (Wildman–Crippen LogP) is 3.15. The lowest BCUT2D eigenvalue weighted by molar-refractivity contribution is -0.112. The number of allylic oxidation sites excluding steroid dienone is 1. The number of benzene rings is 1. The lowest BCUT2D eigenvalue weighted by atomic mass is 9.64. The molecule has 1 aromatic rings. The molecule has 8 heteroatoms. The molecule has 0 bridgehead atoms. The minimum Gasteiger partial charge on any atom is -0.400 e. The van der Waals surface area contributed by atoms with Crippen molar-refractivity contribution >= 4 is 23.4 Å². The molecule has 162 valence electrons. The second kappa shape index (κ2) is 7.29. The van der Waals surface area contributed by atoms with Gasteiger partial charge in [0.2, 0.25) is 10.0 Å². The number of hydrogen-bond acceptors (Lipinski definition) is 5. The van der Waals surface area contributed by atoms with Crippen molar-refractivity contribution in [2.45, 2.75) is 63.6 Å². The first-order valence-electron chi connectivity index (χ1n) is 10.6. The standard InChI is InChI=1S/C22H30BNO5S/c1-15-6-9-17(10-7-15)30(26,27)24-12-18-16(14-25)8-11-20(19(18)13-24)23-28-21(2,3)22(4,5)29-23/h6-7,9-10,14,16,18H,8,11-13H2,1-5H3. The maximum Gasteiger partial charge on any atom is 0.490 e. The average molecular weight is 431 g/mol. The Morgan fingerprint density at radius 2 is 1.70 bits per heavy atom. The summed E-state index contributed by atoms with van der Waals surface area (Å²) >= 11 is 0. The number of rotatable bonds is 4. The van der Waals surface area contributed by atoms with Gasteiger partial charge in [-0.1, -0.05) is 23.3 Å². The van der Waals surface area contributed by atoms with Crippen LogP contribution in [0, 0.1) is 18.8 Å². The molecule has 0 radical (unpaired) electrons. The second-order valence-electron chi connectivity index (χ2n) is 9.69. The van der Waals surface area contributed by atoms with Crippen molar-refractivity contribution in [2.75, 3.05) is 13.1 Å². The Morgan fingerprint density at radius 1 is 1.10 bits per heavy atom. The normalized spacial score (nSPS) is 28.6. The van der Waals surface area contributed by atoms with E-state index in [0.29, 0.717) is 19.4 Å². The van der Waals surface area contributed by atoms with Gasteiger partial charge in [-0.25, -0.2) is 8.42 Å². The summed E-state index contributed by atoms with van der Waals surface area (Å²) < 4.78 is 40.6. The molecule has 3 aliphatic rings. The van der Waals surface area contributed by atoms with Gasteiger partial charge >= 0.3 is 7.12 Å². The Kier molecular flexibility index (Phi) is 5.29. The van der Waals surface area contributed by atoms with Crippen LogP contribution in [-0.4, -0.2) is 50.4 Å². The molecule has 2 atom stereocenters. The van der Waals surface area contributed by atoms with Crippen LogP contribution in [0.1, 0.15) is 46.1 Å². The molecule has 1 aliphatic carbocycles. The molecule has 2 unspecified atom stereocenters. The van der Waals surface area contributed by atoms with E-state index in [2.05, 4.69) is 0 Å². The zero-order valence-electron chi connectivity index (χ0n) is 18.3. The topological polar surface area (TPSA) is 72.9 Å². The monoisotopic (exact) mass is 431 g/mol. The summed E-state index contributed by atoms with van der Waals surface area (Å²) in [5.74, 6) is -0.296. The van der Waals surface area contributed by atoms with E-state index in [1.165, 1.54) is 4.31 Å². The van der Waals surface area contributed by atoms with Gasteiger partial charge in [-0.3, -0.25) is 0 Å².